The summed E-state index contributed by atoms with van der Waals surface area (Å²) in [5.41, 5.74) is 5.94. The summed E-state index contributed by atoms with van der Waals surface area (Å²) >= 11 is 6.55. The van der Waals surface area contributed by atoms with Gasteiger partial charge in [-0.05, 0) is 60.0 Å². The number of aromatic hydroxyl groups is 1. The van der Waals surface area contributed by atoms with Crippen molar-refractivity contribution in [1.82, 2.24) is 0 Å². The van der Waals surface area contributed by atoms with Crippen LogP contribution in [0.3, 0.4) is 0 Å². The Morgan fingerprint density at radius 3 is 2.11 bits per heavy atom. The van der Waals surface area contributed by atoms with Crippen LogP contribution in [0.2, 0.25) is 5.02 Å². The maximum Gasteiger partial charge on any atom is 0.296 e. The van der Waals surface area contributed by atoms with E-state index in [1.54, 1.807) is 0 Å². The number of nitrogen functional groups attached to an aromatic ring is 1. The molecule has 5 rings (SSSR count). The lowest BCUT2D eigenvalue weighted by Gasteiger charge is -2.11. The van der Waals surface area contributed by atoms with Crippen molar-refractivity contribution in [3.05, 3.63) is 83.2 Å². The van der Waals surface area contributed by atoms with Gasteiger partial charge in [0.15, 0.2) is 11.4 Å². The Kier molecular flexibility index (Phi) is 9.41. The van der Waals surface area contributed by atoms with Crippen LogP contribution in [-0.4, -0.2) is 36.3 Å². The molecule has 0 radical (unpaired) electrons. The van der Waals surface area contributed by atoms with Crippen molar-refractivity contribution in [3.8, 4) is 5.75 Å². The molecule has 0 aliphatic carbocycles. The molecule has 0 aliphatic heterocycles. The number of nitrogens with zero attached hydrogens (tertiary/aromatic N) is 5. The summed E-state index contributed by atoms with van der Waals surface area (Å²) in [7, 11) is -9.39. The van der Waals surface area contributed by atoms with Crippen molar-refractivity contribution >= 4 is 99.5 Å². The normalized spacial score (nSPS) is 12.4. The second kappa shape index (κ2) is 13.2. The molecule has 0 atom stereocenters. The highest BCUT2D eigenvalue weighted by Gasteiger charge is 2.21. The summed E-state index contributed by atoms with van der Waals surface area (Å²) < 4.78 is 71.1. The summed E-state index contributed by atoms with van der Waals surface area (Å²) in [5, 5.41) is 40.7. The van der Waals surface area contributed by atoms with Gasteiger partial charge in [0.05, 0.1) is 50.5 Å². The van der Waals surface area contributed by atoms with E-state index in [1.807, 2.05) is 0 Å². The zero-order valence-electron chi connectivity index (χ0n) is 23.0. The van der Waals surface area contributed by atoms with Crippen LogP contribution in [0, 0.1) is 6.57 Å². The lowest BCUT2D eigenvalue weighted by atomic mass is 10.1. The highest BCUT2D eigenvalue weighted by atomic mass is 35.5. The molecule has 20 heteroatoms. The SMILES string of the molecule is [C-]#[N+]c1ccc(N=Nc2ccc(N=Nc3c(SOOO)cc4cc(S(=O)(=O)O)c(N)cc4c3O)c3cc(S(=O)(=O)O)ccc23)c(Cl)c1. The first-order valence-corrected chi connectivity index (χ1v) is 16.5. The summed E-state index contributed by atoms with van der Waals surface area (Å²) in [6, 6.07) is 14.2. The average molecular weight is 717 g/mol. The Bertz CT molecular complexity index is 2420. The minimum atomic E-state index is -4.73. The van der Waals surface area contributed by atoms with Gasteiger partial charge in [0.25, 0.3) is 20.2 Å². The van der Waals surface area contributed by atoms with Crippen LogP contribution in [0.4, 0.5) is 34.1 Å². The number of phenolic OH excluding ortho intramolecular Hbond substituents is 1. The fraction of sp³-hybridized carbons (Fsp3) is 0. The van der Waals surface area contributed by atoms with Crippen LogP contribution in [-0.2, 0) is 29.6 Å². The Morgan fingerprint density at radius 1 is 0.809 bits per heavy atom. The molecule has 0 amide bonds. The minimum Gasteiger partial charge on any atom is -0.505 e. The van der Waals surface area contributed by atoms with Crippen LogP contribution in [0.5, 0.6) is 5.75 Å². The molecule has 0 spiro atoms. The molecule has 0 unspecified atom stereocenters. The molecule has 0 saturated heterocycles. The molecular formula is C27H17ClN6O10S3. The van der Waals surface area contributed by atoms with Gasteiger partial charge in [-0.15, -0.1) is 24.8 Å². The zero-order valence-corrected chi connectivity index (χ0v) is 26.2. The van der Waals surface area contributed by atoms with E-state index in [1.165, 1.54) is 42.5 Å². The maximum absolute atomic E-state index is 12.0. The predicted octanol–water partition coefficient (Wildman–Crippen LogP) is 8.24. The minimum absolute atomic E-state index is 0.00418. The topological polar surface area (TPSA) is 247 Å². The third-order valence-corrected chi connectivity index (χ3v) is 9.12. The van der Waals surface area contributed by atoms with Crippen molar-refractivity contribution < 1.29 is 45.7 Å². The Labute approximate surface area is 274 Å². The number of fused-ring (bicyclic) bond motifs is 2. The number of rotatable bonds is 9. The second-order valence-electron chi connectivity index (χ2n) is 9.32. The lowest BCUT2D eigenvalue weighted by molar-refractivity contribution is -0.432. The van der Waals surface area contributed by atoms with E-state index in [0.717, 1.165) is 24.3 Å². The zero-order chi connectivity index (χ0) is 34.1. The number of phenols is 1. The molecule has 0 aliphatic rings. The molecule has 47 heavy (non-hydrogen) atoms. The average Bonchev–Trinajstić information content (AvgIpc) is 3.02. The van der Waals surface area contributed by atoms with Gasteiger partial charge in [0.2, 0.25) is 0 Å². The van der Waals surface area contributed by atoms with E-state index in [9.17, 15) is 31.0 Å². The van der Waals surface area contributed by atoms with E-state index in [-0.39, 0.29) is 54.5 Å². The highest BCUT2D eigenvalue weighted by molar-refractivity contribution is 7.94. The number of halogens is 1. The number of hydrogen-bond acceptors (Lipinski definition) is 14. The largest absolute Gasteiger partial charge is 0.505 e. The van der Waals surface area contributed by atoms with Gasteiger partial charge in [0, 0.05) is 16.2 Å². The van der Waals surface area contributed by atoms with Gasteiger partial charge in [0.1, 0.15) is 16.3 Å². The third kappa shape index (κ3) is 7.15. The first-order chi connectivity index (χ1) is 22.2. The Balaban J connectivity index is 1.67. The van der Waals surface area contributed by atoms with Gasteiger partial charge in [-0.1, -0.05) is 28.8 Å². The number of azo groups is 2. The van der Waals surface area contributed by atoms with Crippen LogP contribution in [0.15, 0.2) is 102 Å². The highest BCUT2D eigenvalue weighted by Crippen LogP contribution is 2.46. The summed E-state index contributed by atoms with van der Waals surface area (Å²) in [5.74, 6) is -0.571. The van der Waals surface area contributed by atoms with Crippen molar-refractivity contribution in [2.75, 3.05) is 5.73 Å². The van der Waals surface area contributed by atoms with Crippen LogP contribution >= 0.6 is 23.6 Å². The Morgan fingerprint density at radius 2 is 1.47 bits per heavy atom. The molecule has 240 valence electrons. The fourth-order valence-corrected chi connectivity index (χ4v) is 6.16. The number of anilines is 1. The number of hydrogen-bond donors (Lipinski definition) is 5. The van der Waals surface area contributed by atoms with Gasteiger partial charge < -0.3 is 10.8 Å². The van der Waals surface area contributed by atoms with E-state index < -0.39 is 35.8 Å². The predicted molar refractivity (Wildman–Crippen MR) is 170 cm³/mol. The number of benzene rings is 5. The lowest BCUT2D eigenvalue weighted by Crippen LogP contribution is -2.03. The monoisotopic (exact) mass is 716 g/mol. The first kappa shape index (κ1) is 33.6. The van der Waals surface area contributed by atoms with Crippen molar-refractivity contribution in [1.29, 1.82) is 0 Å². The van der Waals surface area contributed by atoms with Gasteiger partial charge in [-0.2, -0.15) is 16.8 Å². The molecule has 6 N–H and O–H groups in total. The summed E-state index contributed by atoms with van der Waals surface area (Å²) in [6.07, 6.45) is 0. The van der Waals surface area contributed by atoms with E-state index >= 15 is 0 Å². The van der Waals surface area contributed by atoms with Gasteiger partial charge in [-0.3, -0.25) is 9.11 Å². The smallest absolute Gasteiger partial charge is 0.296 e. The first-order valence-electron chi connectivity index (χ1n) is 12.5. The summed E-state index contributed by atoms with van der Waals surface area (Å²) in [6.45, 7) is 7.10. The second-order valence-corrected chi connectivity index (χ2v) is 13.3. The third-order valence-electron chi connectivity index (χ3n) is 6.44. The summed E-state index contributed by atoms with van der Waals surface area (Å²) in [4.78, 5) is 2.13. The van der Waals surface area contributed by atoms with Crippen LogP contribution < -0.4 is 5.73 Å². The number of nitrogens with two attached hydrogens (primary N) is 1. The molecule has 0 fully saturated rings. The molecule has 0 bridgehead atoms. The molecule has 5 aromatic carbocycles. The molecular weight excluding hydrogens is 700 g/mol. The standard InChI is InChI=1S/C27H17ClN6O10S3/c1-30-14-2-5-23(19(28)10-14)33-31-21-6-7-22(18-11-15(46(37,38)39)3-4-16(18)21)32-34-26-24(45-44-43-36)8-13-9-25(47(40,41)42)20(29)12-17(13)27(26)35/h2-12,35-36H,29H2,(H,37,38,39)(H,40,41,42). The maximum atomic E-state index is 12.0. The van der Waals surface area contributed by atoms with Crippen molar-refractivity contribution in [3.63, 3.8) is 0 Å². The van der Waals surface area contributed by atoms with Gasteiger partial charge >= 0.3 is 0 Å². The Hall–Kier alpha value is -4.75. The molecule has 0 saturated carbocycles. The molecule has 0 heterocycles. The van der Waals surface area contributed by atoms with E-state index in [2.05, 4.69) is 34.7 Å². The van der Waals surface area contributed by atoms with Crippen LogP contribution in [0.1, 0.15) is 0 Å². The van der Waals surface area contributed by atoms with Crippen molar-refractivity contribution in [2.45, 2.75) is 14.7 Å². The molecule has 16 nitrogen and oxygen atoms in total. The fourth-order valence-electron chi connectivity index (χ4n) is 4.32. The van der Waals surface area contributed by atoms with Gasteiger partial charge in [-0.25, -0.2) is 10.1 Å². The molecule has 5 aromatic rings. The van der Waals surface area contributed by atoms with E-state index in [4.69, 9.17) is 29.2 Å². The van der Waals surface area contributed by atoms with Crippen molar-refractivity contribution in [2.24, 2.45) is 20.5 Å². The quantitative estimate of drug-likeness (QED) is 0.0184. The van der Waals surface area contributed by atoms with E-state index in [0.29, 0.717) is 23.1 Å². The molecule has 0 aromatic heterocycles. The van der Waals surface area contributed by atoms with Crippen LogP contribution in [0.25, 0.3) is 26.4 Å².